The Bertz CT molecular complexity index is 544. The highest BCUT2D eigenvalue weighted by Crippen LogP contribution is 2.29. The standard InChI is InChI=1S/C15H18N2S/c1-11(17-10-15(2,3)9-16)14-8-12-6-4-5-7-13(12)18-14/h4-8,11,17H,10H2,1-3H3. The molecule has 0 aliphatic rings. The molecule has 0 radical (unpaired) electrons. The highest BCUT2D eigenvalue weighted by Gasteiger charge is 2.18. The zero-order chi connectivity index (χ0) is 13.2. The number of thiophene rings is 1. The van der Waals surface area contributed by atoms with Crippen LogP contribution < -0.4 is 5.32 Å². The van der Waals surface area contributed by atoms with E-state index in [1.807, 2.05) is 25.2 Å². The Kier molecular flexibility index (Phi) is 3.70. The van der Waals surface area contributed by atoms with Crippen LogP contribution in [0, 0.1) is 16.7 Å². The van der Waals surface area contributed by atoms with Gasteiger partial charge in [-0.25, -0.2) is 0 Å². The minimum atomic E-state index is -0.315. The zero-order valence-corrected chi connectivity index (χ0v) is 11.8. The number of nitriles is 1. The van der Waals surface area contributed by atoms with E-state index in [9.17, 15) is 0 Å². The normalized spacial score (nSPS) is 13.4. The molecule has 0 spiro atoms. The van der Waals surface area contributed by atoms with Crippen LogP contribution in [0.25, 0.3) is 10.1 Å². The molecule has 0 saturated heterocycles. The highest BCUT2D eigenvalue weighted by atomic mass is 32.1. The third-order valence-corrected chi connectivity index (χ3v) is 4.32. The fraction of sp³-hybridized carbons (Fsp3) is 0.400. The fourth-order valence-corrected chi connectivity index (χ4v) is 2.86. The second kappa shape index (κ2) is 5.09. The molecule has 1 aromatic heterocycles. The molecular formula is C15H18N2S. The average molecular weight is 258 g/mol. The molecule has 18 heavy (non-hydrogen) atoms. The van der Waals surface area contributed by atoms with Gasteiger partial charge < -0.3 is 5.32 Å². The lowest BCUT2D eigenvalue weighted by Gasteiger charge is -2.19. The van der Waals surface area contributed by atoms with Crippen molar-refractivity contribution < 1.29 is 0 Å². The summed E-state index contributed by atoms with van der Waals surface area (Å²) >= 11 is 1.82. The molecule has 1 aromatic carbocycles. The van der Waals surface area contributed by atoms with Gasteiger partial charge in [0.15, 0.2) is 0 Å². The summed E-state index contributed by atoms with van der Waals surface area (Å²) in [6, 6.07) is 13.3. The van der Waals surface area contributed by atoms with Gasteiger partial charge in [-0.05, 0) is 38.3 Å². The summed E-state index contributed by atoms with van der Waals surface area (Å²) in [5.74, 6) is 0. The topological polar surface area (TPSA) is 35.8 Å². The Morgan fingerprint density at radius 1 is 1.39 bits per heavy atom. The van der Waals surface area contributed by atoms with Crippen LogP contribution in [-0.2, 0) is 0 Å². The van der Waals surface area contributed by atoms with Gasteiger partial charge in [0, 0.05) is 22.2 Å². The van der Waals surface area contributed by atoms with E-state index in [4.69, 9.17) is 5.26 Å². The van der Waals surface area contributed by atoms with Gasteiger partial charge in [0.1, 0.15) is 0 Å². The molecule has 1 N–H and O–H groups in total. The summed E-state index contributed by atoms with van der Waals surface area (Å²) < 4.78 is 1.32. The predicted octanol–water partition coefficient (Wildman–Crippen LogP) is 4.10. The Morgan fingerprint density at radius 3 is 2.78 bits per heavy atom. The van der Waals surface area contributed by atoms with Crippen LogP contribution in [0.2, 0.25) is 0 Å². The molecule has 0 aliphatic heterocycles. The first kappa shape index (κ1) is 13.1. The van der Waals surface area contributed by atoms with Crippen LogP contribution in [0.4, 0.5) is 0 Å². The summed E-state index contributed by atoms with van der Waals surface area (Å²) in [4.78, 5) is 1.32. The third-order valence-electron chi connectivity index (χ3n) is 3.02. The molecule has 2 nitrogen and oxygen atoms in total. The minimum absolute atomic E-state index is 0.287. The second-order valence-electron chi connectivity index (χ2n) is 5.28. The maximum Gasteiger partial charge on any atom is 0.0697 e. The Balaban J connectivity index is 2.09. The smallest absolute Gasteiger partial charge is 0.0697 e. The summed E-state index contributed by atoms with van der Waals surface area (Å²) in [5, 5.41) is 13.7. The molecule has 0 bridgehead atoms. The number of rotatable bonds is 4. The van der Waals surface area contributed by atoms with Crippen molar-refractivity contribution in [3.8, 4) is 6.07 Å². The van der Waals surface area contributed by atoms with Crippen molar-refractivity contribution in [1.82, 2.24) is 5.32 Å². The first-order valence-corrected chi connectivity index (χ1v) is 6.96. The molecule has 0 saturated carbocycles. The van der Waals surface area contributed by atoms with Gasteiger partial charge in [-0.2, -0.15) is 5.26 Å². The summed E-state index contributed by atoms with van der Waals surface area (Å²) in [5.41, 5.74) is -0.315. The Labute approximate surface area is 112 Å². The van der Waals surface area contributed by atoms with E-state index in [0.717, 1.165) is 0 Å². The molecule has 0 fully saturated rings. The maximum absolute atomic E-state index is 9.00. The molecule has 1 unspecified atom stereocenters. The zero-order valence-electron chi connectivity index (χ0n) is 11.0. The molecule has 0 aliphatic carbocycles. The van der Waals surface area contributed by atoms with Crippen molar-refractivity contribution >= 4 is 21.4 Å². The lowest BCUT2D eigenvalue weighted by molar-refractivity contribution is 0.417. The van der Waals surface area contributed by atoms with E-state index >= 15 is 0 Å². The summed E-state index contributed by atoms with van der Waals surface area (Å²) in [7, 11) is 0. The molecule has 1 atom stereocenters. The minimum Gasteiger partial charge on any atom is -0.308 e. The van der Waals surface area contributed by atoms with Gasteiger partial charge in [-0.15, -0.1) is 11.3 Å². The quantitative estimate of drug-likeness (QED) is 0.896. The molecule has 0 amide bonds. The summed E-state index contributed by atoms with van der Waals surface area (Å²) in [6.07, 6.45) is 0. The fourth-order valence-electron chi connectivity index (χ4n) is 1.76. The van der Waals surface area contributed by atoms with E-state index in [0.29, 0.717) is 6.54 Å². The van der Waals surface area contributed by atoms with E-state index in [1.165, 1.54) is 15.0 Å². The maximum atomic E-state index is 9.00. The van der Waals surface area contributed by atoms with Gasteiger partial charge in [-0.3, -0.25) is 0 Å². The largest absolute Gasteiger partial charge is 0.308 e. The van der Waals surface area contributed by atoms with Crippen LogP contribution in [-0.4, -0.2) is 6.54 Å². The number of nitrogens with zero attached hydrogens (tertiary/aromatic N) is 1. The van der Waals surface area contributed by atoms with Crippen molar-refractivity contribution in [3.63, 3.8) is 0 Å². The van der Waals surface area contributed by atoms with Crippen LogP contribution in [0.1, 0.15) is 31.7 Å². The van der Waals surface area contributed by atoms with Crippen LogP contribution in [0.15, 0.2) is 30.3 Å². The number of hydrogen-bond acceptors (Lipinski definition) is 3. The van der Waals surface area contributed by atoms with Crippen molar-refractivity contribution in [2.45, 2.75) is 26.8 Å². The monoisotopic (exact) mass is 258 g/mol. The van der Waals surface area contributed by atoms with E-state index in [-0.39, 0.29) is 11.5 Å². The molecule has 2 aromatic rings. The summed E-state index contributed by atoms with van der Waals surface area (Å²) in [6.45, 7) is 6.77. The van der Waals surface area contributed by atoms with Crippen LogP contribution >= 0.6 is 11.3 Å². The SMILES string of the molecule is CC(NCC(C)(C)C#N)c1cc2ccccc2s1. The van der Waals surface area contributed by atoms with Gasteiger partial charge >= 0.3 is 0 Å². The average Bonchev–Trinajstić information content (AvgIpc) is 2.80. The van der Waals surface area contributed by atoms with E-state index in [1.54, 1.807) is 0 Å². The van der Waals surface area contributed by atoms with E-state index < -0.39 is 0 Å². The van der Waals surface area contributed by atoms with Crippen molar-refractivity contribution in [2.24, 2.45) is 5.41 Å². The van der Waals surface area contributed by atoms with Crippen molar-refractivity contribution in [1.29, 1.82) is 5.26 Å². The third kappa shape index (κ3) is 2.90. The molecule has 1 heterocycles. The number of fused-ring (bicyclic) bond motifs is 1. The molecular weight excluding hydrogens is 240 g/mol. The predicted molar refractivity (Wildman–Crippen MR) is 77.6 cm³/mol. The van der Waals surface area contributed by atoms with Gasteiger partial charge in [0.25, 0.3) is 0 Å². The Hall–Kier alpha value is -1.37. The van der Waals surface area contributed by atoms with Gasteiger partial charge in [0.05, 0.1) is 11.5 Å². The second-order valence-corrected chi connectivity index (χ2v) is 6.40. The van der Waals surface area contributed by atoms with Crippen molar-refractivity contribution in [2.75, 3.05) is 6.54 Å². The van der Waals surface area contributed by atoms with E-state index in [2.05, 4.69) is 48.6 Å². The Morgan fingerprint density at radius 2 is 2.11 bits per heavy atom. The van der Waals surface area contributed by atoms with Gasteiger partial charge in [0.2, 0.25) is 0 Å². The molecule has 3 heteroatoms. The van der Waals surface area contributed by atoms with Crippen LogP contribution in [0.3, 0.4) is 0 Å². The van der Waals surface area contributed by atoms with Crippen molar-refractivity contribution in [3.05, 3.63) is 35.2 Å². The molecule has 2 rings (SSSR count). The number of benzene rings is 1. The van der Waals surface area contributed by atoms with Gasteiger partial charge in [-0.1, -0.05) is 18.2 Å². The first-order valence-electron chi connectivity index (χ1n) is 6.15. The van der Waals surface area contributed by atoms with Crippen LogP contribution in [0.5, 0.6) is 0 Å². The molecule has 94 valence electrons. The number of hydrogen-bond donors (Lipinski definition) is 1. The highest BCUT2D eigenvalue weighted by molar-refractivity contribution is 7.19. The lowest BCUT2D eigenvalue weighted by Crippen LogP contribution is -2.29. The first-order chi connectivity index (χ1) is 8.52. The number of nitrogens with one attached hydrogen (secondary N) is 1. The lowest BCUT2D eigenvalue weighted by atomic mass is 9.95.